The first-order valence-corrected chi connectivity index (χ1v) is 10.2. The molecule has 0 atom stereocenters. The van der Waals surface area contributed by atoms with E-state index >= 15 is 0 Å². The Balaban J connectivity index is 1.41. The molecule has 2 aromatic heterocycles. The normalized spacial score (nSPS) is 34.1. The monoisotopic (exact) mass is 340 g/mol. The third-order valence-electron chi connectivity index (χ3n) is 6.44. The molecule has 0 aromatic carbocycles. The molecule has 2 aromatic rings. The van der Waals surface area contributed by atoms with Crippen LogP contribution in [0.2, 0.25) is 0 Å². The zero-order valence-electron chi connectivity index (χ0n) is 14.2. The van der Waals surface area contributed by atoms with E-state index in [1.165, 1.54) is 38.5 Å². The third kappa shape index (κ3) is 2.42. The van der Waals surface area contributed by atoms with Crippen molar-refractivity contribution in [3.8, 4) is 0 Å². The minimum absolute atomic E-state index is 0.0548. The van der Waals surface area contributed by atoms with Gasteiger partial charge in [0.1, 0.15) is 5.65 Å². The fraction of sp³-hybridized carbons (Fsp3) is 0.600. The molecular weight excluding hydrogens is 316 g/mol. The number of aromatic nitrogens is 2. The molecule has 3 nitrogen and oxygen atoms in total. The van der Waals surface area contributed by atoms with Gasteiger partial charge in [-0.25, -0.2) is 4.98 Å². The molecule has 4 heteroatoms. The first kappa shape index (κ1) is 15.0. The fourth-order valence-electron chi connectivity index (χ4n) is 5.87. The number of aryl methyl sites for hydroxylation is 1. The Morgan fingerprint density at radius 1 is 1.17 bits per heavy atom. The van der Waals surface area contributed by atoms with Crippen molar-refractivity contribution in [3.05, 3.63) is 46.0 Å². The van der Waals surface area contributed by atoms with E-state index in [9.17, 15) is 4.79 Å². The lowest BCUT2D eigenvalue weighted by atomic mass is 9.56. The van der Waals surface area contributed by atoms with Crippen molar-refractivity contribution in [2.24, 2.45) is 17.8 Å². The largest absolute Gasteiger partial charge is 0.269 e. The number of pyridine rings is 1. The van der Waals surface area contributed by atoms with Crippen LogP contribution in [0.15, 0.2) is 29.1 Å². The molecule has 2 heterocycles. The smallest absolute Gasteiger partial charge is 0.258 e. The molecule has 0 spiro atoms. The first-order chi connectivity index (χ1) is 11.6. The van der Waals surface area contributed by atoms with E-state index in [-0.39, 0.29) is 5.56 Å². The Hall–Kier alpha value is -1.29. The molecule has 126 valence electrons. The van der Waals surface area contributed by atoms with Crippen molar-refractivity contribution in [3.63, 3.8) is 0 Å². The molecule has 0 amide bonds. The highest BCUT2D eigenvalue weighted by molar-refractivity contribution is 7.99. The van der Waals surface area contributed by atoms with Gasteiger partial charge in [-0.1, -0.05) is 6.07 Å². The van der Waals surface area contributed by atoms with Crippen LogP contribution in [0.4, 0.5) is 0 Å². The van der Waals surface area contributed by atoms with Crippen LogP contribution in [0, 0.1) is 24.7 Å². The number of nitrogens with zero attached hydrogens (tertiary/aromatic N) is 2. The van der Waals surface area contributed by atoms with Gasteiger partial charge in [-0.3, -0.25) is 9.20 Å². The van der Waals surface area contributed by atoms with Gasteiger partial charge >= 0.3 is 0 Å². The number of rotatable bonds is 3. The number of hydrogen-bond donors (Lipinski definition) is 0. The van der Waals surface area contributed by atoms with Gasteiger partial charge in [0, 0.05) is 22.3 Å². The SMILES string of the molecule is Cc1cccc2nc(CSC34CC5CC(CC(C5)C3)C4)cc(=O)n12. The van der Waals surface area contributed by atoms with Crippen LogP contribution in [0.1, 0.15) is 49.9 Å². The summed E-state index contributed by atoms with van der Waals surface area (Å²) in [4.78, 5) is 17.2. The molecule has 0 unspecified atom stereocenters. The van der Waals surface area contributed by atoms with Gasteiger partial charge in [0.15, 0.2) is 0 Å². The van der Waals surface area contributed by atoms with Crippen LogP contribution in [0.3, 0.4) is 0 Å². The van der Waals surface area contributed by atoms with Crippen molar-refractivity contribution in [2.45, 2.75) is 55.9 Å². The van der Waals surface area contributed by atoms with Crippen molar-refractivity contribution in [1.29, 1.82) is 0 Å². The minimum Gasteiger partial charge on any atom is -0.269 e. The summed E-state index contributed by atoms with van der Waals surface area (Å²) in [7, 11) is 0. The Kier molecular flexibility index (Phi) is 3.35. The summed E-state index contributed by atoms with van der Waals surface area (Å²) >= 11 is 2.10. The molecule has 4 aliphatic rings. The number of fused-ring (bicyclic) bond motifs is 1. The Morgan fingerprint density at radius 3 is 2.50 bits per heavy atom. The van der Waals surface area contributed by atoms with Crippen LogP contribution in [-0.2, 0) is 5.75 Å². The molecule has 4 bridgehead atoms. The molecule has 0 radical (unpaired) electrons. The maximum atomic E-state index is 12.5. The topological polar surface area (TPSA) is 34.4 Å². The Labute approximate surface area is 146 Å². The van der Waals surface area contributed by atoms with Crippen LogP contribution >= 0.6 is 11.8 Å². The van der Waals surface area contributed by atoms with Crippen LogP contribution in [0.25, 0.3) is 5.65 Å². The van der Waals surface area contributed by atoms with E-state index in [2.05, 4.69) is 11.8 Å². The van der Waals surface area contributed by atoms with Gasteiger partial charge in [0.2, 0.25) is 0 Å². The second-order valence-corrected chi connectivity index (χ2v) is 9.78. The second-order valence-electron chi connectivity index (χ2n) is 8.34. The van der Waals surface area contributed by atoms with Crippen molar-refractivity contribution < 1.29 is 0 Å². The summed E-state index contributed by atoms with van der Waals surface area (Å²) in [6, 6.07) is 7.62. The van der Waals surface area contributed by atoms with Crippen LogP contribution < -0.4 is 5.56 Å². The maximum absolute atomic E-state index is 12.5. The van der Waals surface area contributed by atoms with Crippen molar-refractivity contribution in [1.82, 2.24) is 9.38 Å². The Morgan fingerprint density at radius 2 is 1.83 bits per heavy atom. The van der Waals surface area contributed by atoms with Gasteiger partial charge in [0.05, 0.1) is 5.69 Å². The molecular formula is C20H24N2OS. The van der Waals surface area contributed by atoms with Gasteiger partial charge < -0.3 is 0 Å². The highest BCUT2D eigenvalue weighted by Crippen LogP contribution is 2.60. The summed E-state index contributed by atoms with van der Waals surface area (Å²) < 4.78 is 2.19. The quantitative estimate of drug-likeness (QED) is 0.839. The zero-order chi connectivity index (χ0) is 16.3. The van der Waals surface area contributed by atoms with Gasteiger partial charge in [0.25, 0.3) is 5.56 Å². The lowest BCUT2D eigenvalue weighted by molar-refractivity contribution is 0.0383. The molecule has 24 heavy (non-hydrogen) atoms. The number of thioether (sulfide) groups is 1. The minimum atomic E-state index is 0.0548. The third-order valence-corrected chi connectivity index (χ3v) is 7.99. The average Bonchev–Trinajstić information content (AvgIpc) is 2.51. The lowest BCUT2D eigenvalue weighted by Crippen LogP contribution is -2.48. The molecule has 4 aliphatic carbocycles. The van der Waals surface area contributed by atoms with E-state index in [0.717, 1.165) is 40.5 Å². The van der Waals surface area contributed by atoms with Gasteiger partial charge in [-0.15, -0.1) is 11.8 Å². The highest BCUT2D eigenvalue weighted by atomic mass is 32.2. The van der Waals surface area contributed by atoms with E-state index in [1.807, 2.05) is 25.1 Å². The van der Waals surface area contributed by atoms with Crippen molar-refractivity contribution in [2.75, 3.05) is 0 Å². The molecule has 6 rings (SSSR count). The molecule has 0 N–H and O–H groups in total. The number of hydrogen-bond acceptors (Lipinski definition) is 3. The molecule has 4 fully saturated rings. The zero-order valence-corrected chi connectivity index (χ0v) is 15.0. The van der Waals surface area contributed by atoms with Gasteiger partial charge in [-0.05, 0) is 75.3 Å². The molecule has 4 saturated carbocycles. The predicted molar refractivity (Wildman–Crippen MR) is 98.4 cm³/mol. The summed E-state index contributed by atoms with van der Waals surface area (Å²) in [5.41, 5.74) is 2.74. The van der Waals surface area contributed by atoms with E-state index in [4.69, 9.17) is 4.98 Å². The molecule has 0 aliphatic heterocycles. The summed E-state index contributed by atoms with van der Waals surface area (Å²) in [6.07, 6.45) is 8.64. The lowest BCUT2D eigenvalue weighted by Gasteiger charge is -2.56. The van der Waals surface area contributed by atoms with Crippen molar-refractivity contribution >= 4 is 17.4 Å². The summed E-state index contributed by atoms with van der Waals surface area (Å²) in [6.45, 7) is 1.96. The highest BCUT2D eigenvalue weighted by Gasteiger charge is 2.51. The first-order valence-electron chi connectivity index (χ1n) is 9.22. The van der Waals surface area contributed by atoms with E-state index in [1.54, 1.807) is 10.5 Å². The predicted octanol–water partition coefficient (Wildman–Crippen LogP) is 4.20. The summed E-state index contributed by atoms with van der Waals surface area (Å²) in [5.74, 6) is 3.80. The van der Waals surface area contributed by atoms with Gasteiger partial charge in [-0.2, -0.15) is 0 Å². The second kappa shape index (κ2) is 5.35. The van der Waals surface area contributed by atoms with E-state index < -0.39 is 0 Å². The summed E-state index contributed by atoms with van der Waals surface area (Å²) in [5, 5.41) is 0. The standard InChI is InChI=1S/C20H24N2OS/c1-13-3-2-4-18-21-17(8-19(23)22(13)18)12-24-20-9-14-5-15(10-20)7-16(6-14)11-20/h2-4,8,14-16H,5-7,9-12H2,1H3. The van der Waals surface area contributed by atoms with E-state index in [0.29, 0.717) is 4.75 Å². The molecule has 0 saturated heterocycles. The Bertz CT molecular complexity index is 821. The van der Waals surface area contributed by atoms with Crippen LogP contribution in [0.5, 0.6) is 0 Å². The maximum Gasteiger partial charge on any atom is 0.258 e. The average molecular weight is 340 g/mol. The van der Waals surface area contributed by atoms with Crippen LogP contribution in [-0.4, -0.2) is 14.1 Å². The fourth-order valence-corrected chi connectivity index (χ4v) is 7.54.